The van der Waals surface area contributed by atoms with Crippen LogP contribution < -0.4 is 10.1 Å². The highest BCUT2D eigenvalue weighted by atomic mass is 35.6. The molecule has 5 nitrogen and oxygen atoms in total. The van der Waals surface area contributed by atoms with Gasteiger partial charge in [0.1, 0.15) is 6.04 Å². The summed E-state index contributed by atoms with van der Waals surface area (Å²) in [6.45, 7) is 4.59. The number of urea groups is 1. The number of amides is 2. The van der Waals surface area contributed by atoms with E-state index in [9.17, 15) is 9.18 Å². The Morgan fingerprint density at radius 1 is 1.36 bits per heavy atom. The quantitative estimate of drug-likeness (QED) is 0.760. The van der Waals surface area contributed by atoms with E-state index in [0.717, 1.165) is 0 Å². The van der Waals surface area contributed by atoms with Crippen LogP contribution >= 0.6 is 34.8 Å². The van der Waals surface area contributed by atoms with Crippen molar-refractivity contribution < 1.29 is 18.7 Å². The van der Waals surface area contributed by atoms with Gasteiger partial charge in [0.2, 0.25) is 3.79 Å². The zero-order chi connectivity index (χ0) is 18.8. The number of morpholine rings is 1. The number of hydrogen-bond acceptors (Lipinski definition) is 3. The number of rotatable bonds is 3. The van der Waals surface area contributed by atoms with Crippen molar-refractivity contribution in [3.05, 3.63) is 29.6 Å². The van der Waals surface area contributed by atoms with Gasteiger partial charge in [-0.25, -0.2) is 9.18 Å². The van der Waals surface area contributed by atoms with E-state index in [-0.39, 0.29) is 18.0 Å². The van der Waals surface area contributed by atoms with E-state index in [0.29, 0.717) is 18.7 Å². The Balaban J connectivity index is 2.21. The van der Waals surface area contributed by atoms with Crippen molar-refractivity contribution in [1.82, 2.24) is 10.2 Å². The Hall–Kier alpha value is -0.950. The van der Waals surface area contributed by atoms with Gasteiger partial charge < -0.3 is 19.7 Å². The summed E-state index contributed by atoms with van der Waals surface area (Å²) in [7, 11) is 1.35. The summed E-state index contributed by atoms with van der Waals surface area (Å²) in [5, 5.41) is 2.68. The third kappa shape index (κ3) is 5.26. The van der Waals surface area contributed by atoms with Gasteiger partial charge in [0.15, 0.2) is 11.6 Å². The fourth-order valence-corrected chi connectivity index (χ4v) is 3.32. The zero-order valence-corrected chi connectivity index (χ0v) is 16.3. The fourth-order valence-electron chi connectivity index (χ4n) is 2.77. The Kier molecular flexibility index (Phi) is 6.65. The van der Waals surface area contributed by atoms with Gasteiger partial charge in [-0.05, 0) is 31.5 Å². The molecule has 1 heterocycles. The van der Waals surface area contributed by atoms with Crippen LogP contribution in [0, 0.1) is 5.82 Å². The summed E-state index contributed by atoms with van der Waals surface area (Å²) in [5.74, 6) is -0.545. The maximum Gasteiger partial charge on any atom is 0.318 e. The maximum absolute atomic E-state index is 14.0. The number of benzene rings is 1. The van der Waals surface area contributed by atoms with Gasteiger partial charge in [0.05, 0.1) is 19.3 Å². The third-order valence-corrected chi connectivity index (χ3v) is 4.47. The van der Waals surface area contributed by atoms with Crippen LogP contribution in [0.3, 0.4) is 0 Å². The number of nitrogens with zero attached hydrogens (tertiary/aromatic N) is 1. The molecule has 2 rings (SSSR count). The standard InChI is InChI=1S/C16H20Cl3FN2O3/c1-9-7-22(8-10(2)25-9)15(23)21-14(16(17,18)19)11-4-5-13(24-3)12(20)6-11/h4-6,9-10,14H,7-8H2,1-3H3,(H,21,23)/t9-,10+,14-/m0/s1. The Morgan fingerprint density at radius 3 is 2.44 bits per heavy atom. The first-order chi connectivity index (χ1) is 11.6. The summed E-state index contributed by atoms with van der Waals surface area (Å²) in [6.07, 6.45) is -0.196. The van der Waals surface area contributed by atoms with Crippen LogP contribution in [0.25, 0.3) is 0 Å². The minimum absolute atomic E-state index is 0.0639. The lowest BCUT2D eigenvalue weighted by molar-refractivity contribution is -0.0547. The number of methoxy groups -OCH3 is 1. The molecule has 1 aliphatic rings. The highest BCUT2D eigenvalue weighted by Gasteiger charge is 2.37. The monoisotopic (exact) mass is 412 g/mol. The molecule has 1 aromatic rings. The maximum atomic E-state index is 14.0. The third-order valence-electron chi connectivity index (χ3n) is 3.81. The molecule has 140 valence electrons. The van der Waals surface area contributed by atoms with Crippen LogP contribution in [0.2, 0.25) is 0 Å². The first-order valence-corrected chi connectivity index (χ1v) is 8.86. The van der Waals surface area contributed by atoms with Gasteiger partial charge in [-0.1, -0.05) is 40.9 Å². The van der Waals surface area contributed by atoms with Crippen LogP contribution in [0.1, 0.15) is 25.5 Å². The van der Waals surface area contributed by atoms with Gasteiger partial charge >= 0.3 is 6.03 Å². The molecule has 0 aliphatic carbocycles. The molecule has 0 bridgehead atoms. The van der Waals surface area contributed by atoms with Gasteiger partial charge in [-0.3, -0.25) is 0 Å². The number of ether oxygens (including phenoxy) is 2. The molecule has 2 amide bonds. The molecule has 1 saturated heterocycles. The summed E-state index contributed by atoms with van der Waals surface area (Å²) < 4.78 is 22.6. The largest absolute Gasteiger partial charge is 0.494 e. The van der Waals surface area contributed by atoms with Crippen LogP contribution in [-0.2, 0) is 4.74 Å². The number of hydrogen-bond donors (Lipinski definition) is 1. The van der Waals surface area contributed by atoms with Crippen molar-refractivity contribution in [2.45, 2.75) is 35.9 Å². The Morgan fingerprint density at radius 2 is 1.96 bits per heavy atom. The van der Waals surface area contributed by atoms with Gasteiger partial charge in [0.25, 0.3) is 0 Å². The predicted octanol–water partition coefficient (Wildman–Crippen LogP) is 4.06. The number of carbonyl (C=O) groups is 1. The molecular formula is C16H20Cl3FN2O3. The van der Waals surface area contributed by atoms with E-state index in [1.54, 1.807) is 11.0 Å². The first kappa shape index (κ1) is 20.4. The van der Waals surface area contributed by atoms with Crippen LogP contribution in [0.5, 0.6) is 5.75 Å². The topological polar surface area (TPSA) is 50.8 Å². The van der Waals surface area contributed by atoms with E-state index in [4.69, 9.17) is 44.3 Å². The number of halogens is 4. The average Bonchev–Trinajstić information content (AvgIpc) is 2.50. The molecular weight excluding hydrogens is 394 g/mol. The molecule has 1 fully saturated rings. The number of alkyl halides is 3. The summed E-state index contributed by atoms with van der Waals surface area (Å²) in [5.41, 5.74) is 0.320. The van der Waals surface area contributed by atoms with Crippen molar-refractivity contribution >= 4 is 40.8 Å². The minimum Gasteiger partial charge on any atom is -0.494 e. The molecule has 0 spiro atoms. The van der Waals surface area contributed by atoms with E-state index in [1.165, 1.54) is 19.2 Å². The highest BCUT2D eigenvalue weighted by Crippen LogP contribution is 2.40. The van der Waals surface area contributed by atoms with Gasteiger partial charge in [0, 0.05) is 13.1 Å². The van der Waals surface area contributed by atoms with Gasteiger partial charge in [-0.15, -0.1) is 0 Å². The van der Waals surface area contributed by atoms with Crippen molar-refractivity contribution in [1.29, 1.82) is 0 Å². The van der Waals surface area contributed by atoms with Crippen LogP contribution in [0.4, 0.5) is 9.18 Å². The molecule has 1 aromatic carbocycles. The van der Waals surface area contributed by atoms with Crippen molar-refractivity contribution in [3.8, 4) is 5.75 Å². The lowest BCUT2D eigenvalue weighted by atomic mass is 10.1. The second-order valence-electron chi connectivity index (χ2n) is 5.98. The summed E-state index contributed by atoms with van der Waals surface area (Å²) in [6, 6.07) is 2.70. The SMILES string of the molecule is COc1ccc([C@H](NC(=O)N2C[C@@H](C)O[C@@H](C)C2)C(Cl)(Cl)Cl)cc1F. The molecule has 25 heavy (non-hydrogen) atoms. The fraction of sp³-hybridized carbons (Fsp3) is 0.562. The number of nitrogens with one attached hydrogen (secondary N) is 1. The molecule has 3 atom stereocenters. The Bertz CT molecular complexity index is 617. The molecule has 0 aromatic heterocycles. The Labute approximate surface area is 161 Å². The highest BCUT2D eigenvalue weighted by molar-refractivity contribution is 6.68. The summed E-state index contributed by atoms with van der Waals surface area (Å²) >= 11 is 18.1. The normalized spacial score (nSPS) is 22.4. The zero-order valence-electron chi connectivity index (χ0n) is 14.1. The number of carbonyl (C=O) groups excluding carboxylic acids is 1. The molecule has 9 heteroatoms. The van der Waals surface area contributed by atoms with Crippen LogP contribution in [-0.4, -0.2) is 47.1 Å². The first-order valence-electron chi connectivity index (χ1n) is 7.73. The molecule has 1 aliphatic heterocycles. The summed E-state index contributed by atoms with van der Waals surface area (Å²) in [4.78, 5) is 14.2. The molecule has 0 saturated carbocycles. The predicted molar refractivity (Wildman–Crippen MR) is 96.1 cm³/mol. The van der Waals surface area contributed by atoms with E-state index in [1.807, 2.05) is 13.8 Å². The van der Waals surface area contributed by atoms with Gasteiger partial charge in [-0.2, -0.15) is 0 Å². The average molecular weight is 414 g/mol. The lowest BCUT2D eigenvalue weighted by Crippen LogP contribution is -2.53. The smallest absolute Gasteiger partial charge is 0.318 e. The second-order valence-corrected chi connectivity index (χ2v) is 8.35. The molecule has 0 unspecified atom stereocenters. The van der Waals surface area contributed by atoms with Crippen molar-refractivity contribution in [3.63, 3.8) is 0 Å². The second kappa shape index (κ2) is 8.16. The lowest BCUT2D eigenvalue weighted by Gasteiger charge is -2.37. The van der Waals surface area contributed by atoms with E-state index < -0.39 is 21.7 Å². The van der Waals surface area contributed by atoms with Crippen molar-refractivity contribution in [2.24, 2.45) is 0 Å². The van der Waals surface area contributed by atoms with Crippen molar-refractivity contribution in [2.75, 3.05) is 20.2 Å². The molecule has 1 N–H and O–H groups in total. The van der Waals surface area contributed by atoms with E-state index >= 15 is 0 Å². The van der Waals surface area contributed by atoms with E-state index in [2.05, 4.69) is 5.32 Å². The van der Waals surface area contributed by atoms with Crippen LogP contribution in [0.15, 0.2) is 18.2 Å². The minimum atomic E-state index is -1.86. The molecule has 0 radical (unpaired) electrons.